The van der Waals surface area contributed by atoms with Crippen molar-refractivity contribution in [3.8, 4) is 5.75 Å². The quantitative estimate of drug-likeness (QED) is 0.642. The summed E-state index contributed by atoms with van der Waals surface area (Å²) in [7, 11) is 1.57. The SMILES string of the molecule is COc1ccc(CN2C(=O)N[C@@H](CCC(=O)NCCc3ccco3)C2=O)cc1. The molecule has 28 heavy (non-hydrogen) atoms. The summed E-state index contributed by atoms with van der Waals surface area (Å²) in [6, 6.07) is 9.68. The van der Waals surface area contributed by atoms with Crippen molar-refractivity contribution in [2.45, 2.75) is 31.8 Å². The van der Waals surface area contributed by atoms with Gasteiger partial charge in [0.2, 0.25) is 5.91 Å². The van der Waals surface area contributed by atoms with Crippen LogP contribution in [-0.4, -0.2) is 42.4 Å². The molecule has 1 aromatic heterocycles. The molecule has 2 aromatic rings. The standard InChI is InChI=1S/C20H23N3O5/c1-27-15-6-4-14(5-7-15)13-23-19(25)17(22-20(23)26)8-9-18(24)21-11-10-16-3-2-12-28-16/h2-7,12,17H,8-11,13H2,1H3,(H,21,24)(H,22,26)/t17-/m0/s1. The van der Waals surface area contributed by atoms with Gasteiger partial charge in [0.25, 0.3) is 5.91 Å². The number of nitrogens with one attached hydrogen (secondary N) is 2. The van der Waals surface area contributed by atoms with Gasteiger partial charge in [-0.1, -0.05) is 12.1 Å². The Morgan fingerprint density at radius 3 is 2.71 bits per heavy atom. The predicted molar refractivity (Wildman–Crippen MR) is 101 cm³/mol. The second kappa shape index (κ2) is 9.07. The lowest BCUT2D eigenvalue weighted by Gasteiger charge is -2.13. The highest BCUT2D eigenvalue weighted by molar-refractivity contribution is 6.04. The van der Waals surface area contributed by atoms with Crippen molar-refractivity contribution < 1.29 is 23.5 Å². The summed E-state index contributed by atoms with van der Waals surface area (Å²) < 4.78 is 10.3. The second-order valence-electron chi connectivity index (χ2n) is 6.49. The number of carbonyl (C=O) groups is 3. The molecular formula is C20H23N3O5. The van der Waals surface area contributed by atoms with Crippen LogP contribution in [0.5, 0.6) is 5.75 Å². The highest BCUT2D eigenvalue weighted by atomic mass is 16.5. The van der Waals surface area contributed by atoms with Crippen LogP contribution in [-0.2, 0) is 22.6 Å². The number of hydrogen-bond donors (Lipinski definition) is 2. The van der Waals surface area contributed by atoms with Crippen LogP contribution in [0.3, 0.4) is 0 Å². The van der Waals surface area contributed by atoms with Gasteiger partial charge in [-0.05, 0) is 36.2 Å². The Labute approximate surface area is 162 Å². The molecule has 4 amide bonds. The number of carbonyl (C=O) groups excluding carboxylic acids is 3. The van der Waals surface area contributed by atoms with E-state index in [2.05, 4.69) is 10.6 Å². The maximum Gasteiger partial charge on any atom is 0.325 e. The van der Waals surface area contributed by atoms with E-state index in [4.69, 9.17) is 9.15 Å². The monoisotopic (exact) mass is 385 g/mol. The topological polar surface area (TPSA) is 101 Å². The molecule has 3 rings (SSSR count). The molecule has 2 heterocycles. The molecule has 1 atom stereocenters. The zero-order chi connectivity index (χ0) is 19.9. The van der Waals surface area contributed by atoms with Crippen LogP contribution in [0.2, 0.25) is 0 Å². The minimum absolute atomic E-state index is 0.158. The number of ether oxygens (including phenoxy) is 1. The van der Waals surface area contributed by atoms with Gasteiger partial charge in [0, 0.05) is 19.4 Å². The van der Waals surface area contributed by atoms with Crippen molar-refractivity contribution in [3.63, 3.8) is 0 Å². The van der Waals surface area contributed by atoms with Crippen LogP contribution in [0.25, 0.3) is 0 Å². The van der Waals surface area contributed by atoms with Crippen molar-refractivity contribution in [2.75, 3.05) is 13.7 Å². The first-order valence-corrected chi connectivity index (χ1v) is 9.10. The Kier molecular flexibility index (Phi) is 6.31. The number of rotatable bonds is 9. The number of furan rings is 1. The molecule has 0 saturated carbocycles. The number of methoxy groups -OCH3 is 1. The highest BCUT2D eigenvalue weighted by Crippen LogP contribution is 2.17. The molecule has 1 fully saturated rings. The van der Waals surface area contributed by atoms with Crippen LogP contribution in [0.4, 0.5) is 4.79 Å². The second-order valence-corrected chi connectivity index (χ2v) is 6.49. The van der Waals surface area contributed by atoms with Gasteiger partial charge in [-0.15, -0.1) is 0 Å². The van der Waals surface area contributed by atoms with Gasteiger partial charge in [0.05, 0.1) is 19.9 Å². The summed E-state index contributed by atoms with van der Waals surface area (Å²) >= 11 is 0. The molecule has 1 aliphatic heterocycles. The molecule has 1 aliphatic rings. The Balaban J connectivity index is 1.44. The summed E-state index contributed by atoms with van der Waals surface area (Å²) in [6.07, 6.45) is 2.61. The molecule has 1 saturated heterocycles. The molecule has 8 nitrogen and oxygen atoms in total. The zero-order valence-corrected chi connectivity index (χ0v) is 15.6. The molecule has 2 N–H and O–H groups in total. The van der Waals surface area contributed by atoms with E-state index in [1.807, 2.05) is 6.07 Å². The fourth-order valence-electron chi connectivity index (χ4n) is 2.98. The first-order chi connectivity index (χ1) is 13.6. The van der Waals surface area contributed by atoms with Crippen LogP contribution in [0.15, 0.2) is 47.1 Å². The highest BCUT2D eigenvalue weighted by Gasteiger charge is 2.37. The van der Waals surface area contributed by atoms with E-state index in [-0.39, 0.29) is 31.2 Å². The van der Waals surface area contributed by atoms with Crippen molar-refractivity contribution in [1.82, 2.24) is 15.5 Å². The van der Waals surface area contributed by atoms with Gasteiger partial charge in [0.1, 0.15) is 17.6 Å². The third-order valence-corrected chi connectivity index (χ3v) is 4.54. The summed E-state index contributed by atoms with van der Waals surface area (Å²) in [5.74, 6) is 1.02. The van der Waals surface area contributed by atoms with Crippen LogP contribution < -0.4 is 15.4 Å². The molecule has 0 unspecified atom stereocenters. The van der Waals surface area contributed by atoms with Gasteiger partial charge < -0.3 is 19.8 Å². The fourth-order valence-corrected chi connectivity index (χ4v) is 2.98. The number of hydrogen-bond acceptors (Lipinski definition) is 5. The van der Waals surface area contributed by atoms with E-state index in [1.54, 1.807) is 43.7 Å². The molecule has 1 aromatic carbocycles. The fraction of sp³-hybridized carbons (Fsp3) is 0.350. The van der Waals surface area contributed by atoms with Crippen molar-refractivity contribution in [3.05, 3.63) is 54.0 Å². The molecule has 0 bridgehead atoms. The summed E-state index contributed by atoms with van der Waals surface area (Å²) in [5.41, 5.74) is 0.820. The summed E-state index contributed by atoms with van der Waals surface area (Å²) in [6.45, 7) is 0.640. The first kappa shape index (κ1) is 19.5. The summed E-state index contributed by atoms with van der Waals surface area (Å²) in [5, 5.41) is 5.43. The average Bonchev–Trinajstić information content (AvgIpc) is 3.31. The number of amides is 4. The number of nitrogens with zero attached hydrogens (tertiary/aromatic N) is 1. The van der Waals surface area contributed by atoms with Crippen LogP contribution in [0.1, 0.15) is 24.2 Å². The van der Waals surface area contributed by atoms with E-state index in [0.29, 0.717) is 18.7 Å². The number of urea groups is 1. The summed E-state index contributed by atoms with van der Waals surface area (Å²) in [4.78, 5) is 37.8. The van der Waals surface area contributed by atoms with Crippen molar-refractivity contribution in [1.29, 1.82) is 0 Å². The smallest absolute Gasteiger partial charge is 0.325 e. The van der Waals surface area contributed by atoms with Gasteiger partial charge in [-0.25, -0.2) is 4.79 Å². The molecule has 0 radical (unpaired) electrons. The lowest BCUT2D eigenvalue weighted by atomic mass is 10.1. The van der Waals surface area contributed by atoms with E-state index in [1.165, 1.54) is 4.90 Å². The minimum Gasteiger partial charge on any atom is -0.497 e. The third-order valence-electron chi connectivity index (χ3n) is 4.54. The van der Waals surface area contributed by atoms with Gasteiger partial charge in [0.15, 0.2) is 0 Å². The van der Waals surface area contributed by atoms with Crippen molar-refractivity contribution in [2.24, 2.45) is 0 Å². The van der Waals surface area contributed by atoms with E-state index >= 15 is 0 Å². The average molecular weight is 385 g/mol. The van der Waals surface area contributed by atoms with Crippen LogP contribution >= 0.6 is 0 Å². The minimum atomic E-state index is -0.679. The molecule has 8 heteroatoms. The van der Waals surface area contributed by atoms with E-state index in [9.17, 15) is 14.4 Å². The lowest BCUT2D eigenvalue weighted by Crippen LogP contribution is -2.33. The molecule has 148 valence electrons. The van der Waals surface area contributed by atoms with Gasteiger partial charge in [-0.3, -0.25) is 14.5 Å². The molecule has 0 spiro atoms. The Morgan fingerprint density at radius 2 is 2.04 bits per heavy atom. The van der Waals surface area contributed by atoms with Gasteiger partial charge >= 0.3 is 6.03 Å². The molecular weight excluding hydrogens is 362 g/mol. The largest absolute Gasteiger partial charge is 0.497 e. The Morgan fingerprint density at radius 1 is 1.25 bits per heavy atom. The maximum absolute atomic E-state index is 12.5. The Bertz CT molecular complexity index is 817. The van der Waals surface area contributed by atoms with Crippen LogP contribution in [0, 0.1) is 0 Å². The van der Waals surface area contributed by atoms with E-state index < -0.39 is 12.1 Å². The maximum atomic E-state index is 12.5. The lowest BCUT2D eigenvalue weighted by molar-refractivity contribution is -0.128. The number of imide groups is 1. The molecule has 0 aliphatic carbocycles. The predicted octanol–water partition coefficient (Wildman–Crippen LogP) is 1.85. The zero-order valence-electron chi connectivity index (χ0n) is 15.6. The van der Waals surface area contributed by atoms with Gasteiger partial charge in [-0.2, -0.15) is 0 Å². The number of benzene rings is 1. The Hall–Kier alpha value is -3.29. The van der Waals surface area contributed by atoms with E-state index in [0.717, 1.165) is 11.3 Å². The third kappa shape index (κ3) is 4.91. The first-order valence-electron chi connectivity index (χ1n) is 9.10. The van der Waals surface area contributed by atoms with Crippen molar-refractivity contribution >= 4 is 17.8 Å². The normalized spacial score (nSPS) is 16.2.